The summed E-state index contributed by atoms with van der Waals surface area (Å²) >= 11 is 8.32. The predicted octanol–water partition coefficient (Wildman–Crippen LogP) is 7.91. The van der Waals surface area contributed by atoms with Gasteiger partial charge in [0, 0.05) is 30.1 Å². The lowest BCUT2D eigenvalue weighted by molar-refractivity contribution is 0.0636. The number of carbonyl (C=O) groups excluding carboxylic acids is 1. The van der Waals surface area contributed by atoms with Crippen LogP contribution in [-0.2, 0) is 29.2 Å². The van der Waals surface area contributed by atoms with Crippen molar-refractivity contribution in [2.24, 2.45) is 0 Å². The van der Waals surface area contributed by atoms with Gasteiger partial charge in [0.1, 0.15) is 41.1 Å². The number of hydrogen-bond acceptors (Lipinski definition) is 12. The maximum Gasteiger partial charge on any atom is 0.412 e. The number of nitriles is 1. The number of benzene rings is 2. The van der Waals surface area contributed by atoms with Crippen molar-refractivity contribution in [3.63, 3.8) is 0 Å². The van der Waals surface area contributed by atoms with Crippen LogP contribution in [0.15, 0.2) is 30.5 Å². The minimum absolute atomic E-state index is 0.0516. The van der Waals surface area contributed by atoms with Gasteiger partial charge in [-0.15, -0.1) is 11.3 Å². The predicted molar refractivity (Wildman–Crippen MR) is 196 cm³/mol. The van der Waals surface area contributed by atoms with Crippen molar-refractivity contribution in [2.75, 3.05) is 30.3 Å². The minimum Gasteiger partial charge on any atom is -0.461 e. The zero-order chi connectivity index (χ0) is 37.1. The number of fused-ring (bicyclic) bond motifs is 5. The molecular weight excluding hydrogens is 726 g/mol. The average Bonchev–Trinajstić information content (AvgIpc) is 3.89. The zero-order valence-corrected chi connectivity index (χ0v) is 30.8. The molecule has 12 nitrogen and oxygen atoms in total. The number of nitrogens with zero attached hydrogens (tertiary/aromatic N) is 6. The van der Waals surface area contributed by atoms with E-state index in [0.717, 1.165) is 41.9 Å². The van der Waals surface area contributed by atoms with Crippen LogP contribution in [0.25, 0.3) is 32.1 Å². The van der Waals surface area contributed by atoms with Gasteiger partial charge in [-0.2, -0.15) is 25.4 Å². The normalized spacial score (nSPS) is 19.7. The molecule has 16 heteroatoms. The monoisotopic (exact) mass is 760 g/mol. The fourth-order valence-electron chi connectivity index (χ4n) is 7.71. The molecule has 3 aliphatic rings. The van der Waals surface area contributed by atoms with Crippen LogP contribution in [0.2, 0.25) is 5.02 Å². The van der Waals surface area contributed by atoms with Crippen LogP contribution < -0.4 is 15.4 Å². The Morgan fingerprint density at radius 2 is 2.06 bits per heavy atom. The smallest absolute Gasteiger partial charge is 0.412 e. The van der Waals surface area contributed by atoms with E-state index in [-0.39, 0.29) is 58.0 Å². The van der Waals surface area contributed by atoms with E-state index in [1.807, 2.05) is 6.07 Å². The third kappa shape index (κ3) is 6.47. The lowest BCUT2D eigenvalue weighted by atomic mass is 9.91. The van der Waals surface area contributed by atoms with Crippen LogP contribution in [0, 0.1) is 17.1 Å². The molecule has 2 saturated heterocycles. The summed E-state index contributed by atoms with van der Waals surface area (Å²) in [6.07, 6.45) is 2.03. The maximum atomic E-state index is 15.5. The highest BCUT2D eigenvalue weighted by Gasteiger charge is 2.49. The van der Waals surface area contributed by atoms with Gasteiger partial charge >= 0.3 is 12.1 Å². The Balaban J connectivity index is 1.28. The third-order valence-corrected chi connectivity index (χ3v) is 11.3. The molecule has 2 fully saturated rings. The Bertz CT molecular complexity index is 2310. The number of anilines is 2. The number of halogens is 3. The van der Waals surface area contributed by atoms with Crippen molar-refractivity contribution in [3.8, 4) is 23.2 Å². The quantitative estimate of drug-likeness (QED) is 0.159. The molecule has 0 spiro atoms. The molecule has 0 saturated carbocycles. The zero-order valence-electron chi connectivity index (χ0n) is 29.2. The summed E-state index contributed by atoms with van der Waals surface area (Å²) in [6, 6.07) is 8.72. The summed E-state index contributed by atoms with van der Waals surface area (Å²) < 4.78 is 48.0. The van der Waals surface area contributed by atoms with E-state index in [2.05, 4.69) is 31.8 Å². The Hall–Kier alpha value is -4.75. The SMILES string of the molecule is CC(C)(C)OC(=O)Nc1sc2c(F)ccc(-c3c4c(c5c(NCc6cccnn6)nc(OC[C@@]67CCCN6C[C@H](F)C7)nc5c3Cl)COC4)c2c1C#N. The fourth-order valence-corrected chi connectivity index (χ4v) is 9.13. The Morgan fingerprint density at radius 1 is 1.23 bits per heavy atom. The molecule has 0 radical (unpaired) electrons. The van der Waals surface area contributed by atoms with E-state index in [1.165, 1.54) is 6.07 Å². The Morgan fingerprint density at radius 3 is 2.83 bits per heavy atom. The number of alkyl halides is 1. The molecule has 0 aliphatic carbocycles. The van der Waals surface area contributed by atoms with E-state index in [0.29, 0.717) is 46.5 Å². The third-order valence-electron chi connectivity index (χ3n) is 9.86. The van der Waals surface area contributed by atoms with Crippen molar-refractivity contribution >= 4 is 60.8 Å². The number of amides is 1. The maximum absolute atomic E-state index is 15.5. The lowest BCUT2D eigenvalue weighted by Gasteiger charge is -2.30. The standard InChI is InChI=1S/C37H35ClF2N8O4S/c1-36(2,3)52-35(49)46-33-22(13-41)27-21(7-8-25(40)31(27)53-33)26-23-16-50-17-24(23)28-30(29(26)38)44-34(45-32(28)42-14-20-6-4-10-43-47-20)51-18-37-9-5-11-48(37)15-19(39)12-37/h4,6-8,10,19H,5,9,11-12,14-18H2,1-3H3,(H,46,49)(H,42,44,45)/t19-,37+/m1/s1. The van der Waals surface area contributed by atoms with Gasteiger partial charge in [0.2, 0.25) is 0 Å². The molecule has 6 heterocycles. The Labute approximate surface area is 312 Å². The van der Waals surface area contributed by atoms with Crippen molar-refractivity contribution in [2.45, 2.75) is 77.1 Å². The first kappa shape index (κ1) is 35.3. The first-order chi connectivity index (χ1) is 25.4. The van der Waals surface area contributed by atoms with Crippen molar-refractivity contribution < 1.29 is 27.8 Å². The molecule has 0 bridgehead atoms. The van der Waals surface area contributed by atoms with E-state index >= 15 is 4.39 Å². The molecule has 3 aliphatic heterocycles. The van der Waals surface area contributed by atoms with Crippen LogP contribution in [0.4, 0.5) is 24.4 Å². The van der Waals surface area contributed by atoms with Gasteiger partial charge in [-0.25, -0.2) is 13.6 Å². The van der Waals surface area contributed by atoms with E-state index < -0.39 is 29.2 Å². The van der Waals surface area contributed by atoms with Crippen molar-refractivity contribution in [1.82, 2.24) is 25.1 Å². The number of ether oxygens (including phenoxy) is 3. The van der Waals surface area contributed by atoms with Gasteiger partial charge in [0.15, 0.2) is 0 Å². The molecule has 3 aromatic heterocycles. The molecule has 8 rings (SSSR count). The van der Waals surface area contributed by atoms with Crippen LogP contribution >= 0.6 is 22.9 Å². The van der Waals surface area contributed by atoms with Gasteiger partial charge < -0.3 is 19.5 Å². The highest BCUT2D eigenvalue weighted by Crippen LogP contribution is 2.50. The van der Waals surface area contributed by atoms with Crippen molar-refractivity contribution in [1.29, 1.82) is 5.26 Å². The summed E-state index contributed by atoms with van der Waals surface area (Å²) in [5.74, 6) is -0.133. The first-order valence-corrected chi connectivity index (χ1v) is 18.4. The molecule has 5 aromatic rings. The van der Waals surface area contributed by atoms with Crippen LogP contribution in [0.5, 0.6) is 6.01 Å². The molecule has 274 valence electrons. The Kier molecular flexibility index (Phi) is 9.05. The largest absolute Gasteiger partial charge is 0.461 e. The second-order valence-electron chi connectivity index (χ2n) is 14.5. The summed E-state index contributed by atoms with van der Waals surface area (Å²) in [5, 5.41) is 25.8. The van der Waals surface area contributed by atoms with Gasteiger partial charge in [0.25, 0.3) is 0 Å². The van der Waals surface area contributed by atoms with E-state index in [4.69, 9.17) is 35.8 Å². The second kappa shape index (κ2) is 13.6. The number of nitrogens with one attached hydrogen (secondary N) is 2. The molecule has 1 amide bonds. The topological polar surface area (TPSA) is 147 Å². The van der Waals surface area contributed by atoms with Gasteiger partial charge in [-0.05, 0) is 75.0 Å². The second-order valence-corrected chi connectivity index (χ2v) is 15.9. The summed E-state index contributed by atoms with van der Waals surface area (Å²) in [5.41, 5.74) is 2.33. The molecule has 2 aromatic carbocycles. The average molecular weight is 761 g/mol. The lowest BCUT2D eigenvalue weighted by Crippen LogP contribution is -2.43. The number of carbonyl (C=O) groups is 1. The summed E-state index contributed by atoms with van der Waals surface area (Å²) in [4.78, 5) is 24.6. The fraction of sp³-hybridized carbons (Fsp3) is 0.405. The summed E-state index contributed by atoms with van der Waals surface area (Å²) in [6.45, 7) is 7.22. The molecular formula is C37H35ClF2N8O4S. The molecule has 0 unspecified atom stereocenters. The number of hydrogen-bond donors (Lipinski definition) is 2. The van der Waals surface area contributed by atoms with Crippen molar-refractivity contribution in [3.05, 3.63) is 63.7 Å². The van der Waals surface area contributed by atoms with E-state index in [1.54, 1.807) is 39.1 Å². The number of aromatic nitrogens is 4. The molecule has 53 heavy (non-hydrogen) atoms. The van der Waals surface area contributed by atoms with E-state index in [9.17, 15) is 14.4 Å². The van der Waals surface area contributed by atoms with Gasteiger partial charge in [0.05, 0.1) is 57.2 Å². The minimum atomic E-state index is -0.928. The van der Waals surface area contributed by atoms with Crippen LogP contribution in [0.1, 0.15) is 62.4 Å². The van der Waals surface area contributed by atoms with Gasteiger partial charge in [-0.3, -0.25) is 10.2 Å². The van der Waals surface area contributed by atoms with Gasteiger partial charge in [-0.1, -0.05) is 17.7 Å². The number of thiophene rings is 1. The van der Waals surface area contributed by atoms with Crippen LogP contribution in [-0.4, -0.2) is 68.2 Å². The highest BCUT2D eigenvalue weighted by molar-refractivity contribution is 7.23. The highest BCUT2D eigenvalue weighted by atomic mass is 35.5. The molecule has 2 atom stereocenters. The number of rotatable bonds is 8. The van der Waals surface area contributed by atoms with Crippen LogP contribution in [0.3, 0.4) is 0 Å². The first-order valence-electron chi connectivity index (χ1n) is 17.3. The molecule has 2 N–H and O–H groups in total. The summed E-state index contributed by atoms with van der Waals surface area (Å²) in [7, 11) is 0.